The van der Waals surface area contributed by atoms with Gasteiger partial charge in [-0.1, -0.05) is 0 Å². The first-order valence-corrected chi connectivity index (χ1v) is 5.41. The predicted molar refractivity (Wildman–Crippen MR) is 64.9 cm³/mol. The number of hydrogen-bond donors (Lipinski definition) is 1. The van der Waals surface area contributed by atoms with Crippen LogP contribution < -0.4 is 5.73 Å². The molecule has 0 saturated heterocycles. The number of hydrogen-bond acceptors (Lipinski definition) is 4. The van der Waals surface area contributed by atoms with Crippen LogP contribution in [0, 0.1) is 6.92 Å². The van der Waals surface area contributed by atoms with Crippen LogP contribution in [0.5, 0.6) is 0 Å². The Balaban J connectivity index is 2.69. The third kappa shape index (κ3) is 2.03. The number of ether oxygens (including phenoxy) is 1. The molecule has 4 heteroatoms. The predicted octanol–water partition coefficient (Wildman–Crippen LogP) is 2.55. The standard InChI is InChI=1S/C13H15NO3/c1-7-4-9-6-11(8(2)14)17-12(9)10(5-7)13(15)16-3/h4-6,8H,14H2,1-3H3. The highest BCUT2D eigenvalue weighted by Gasteiger charge is 2.16. The molecular weight excluding hydrogens is 218 g/mol. The van der Waals surface area contributed by atoms with E-state index in [1.54, 1.807) is 6.07 Å². The number of fused-ring (bicyclic) bond motifs is 1. The van der Waals surface area contributed by atoms with Gasteiger partial charge in [0.15, 0.2) is 0 Å². The molecule has 0 fully saturated rings. The summed E-state index contributed by atoms with van der Waals surface area (Å²) < 4.78 is 10.4. The minimum atomic E-state index is -0.399. The van der Waals surface area contributed by atoms with Gasteiger partial charge in [0.1, 0.15) is 16.9 Å². The van der Waals surface area contributed by atoms with E-state index in [1.165, 1.54) is 7.11 Å². The van der Waals surface area contributed by atoms with Gasteiger partial charge in [-0.25, -0.2) is 4.79 Å². The summed E-state index contributed by atoms with van der Waals surface area (Å²) in [6.45, 7) is 3.76. The van der Waals surface area contributed by atoms with Crippen LogP contribution in [0.15, 0.2) is 22.6 Å². The van der Waals surface area contributed by atoms with Crippen LogP contribution in [-0.4, -0.2) is 13.1 Å². The Morgan fingerprint density at radius 3 is 2.71 bits per heavy atom. The number of methoxy groups -OCH3 is 1. The fraction of sp³-hybridized carbons (Fsp3) is 0.308. The first kappa shape index (κ1) is 11.7. The molecular formula is C13H15NO3. The Kier molecular flexibility index (Phi) is 2.90. The van der Waals surface area contributed by atoms with Crippen LogP contribution in [0.25, 0.3) is 11.0 Å². The van der Waals surface area contributed by atoms with Crippen molar-refractivity contribution in [2.24, 2.45) is 5.73 Å². The van der Waals surface area contributed by atoms with Crippen molar-refractivity contribution < 1.29 is 13.9 Å². The molecule has 2 N–H and O–H groups in total. The molecule has 90 valence electrons. The molecule has 0 amide bonds. The molecule has 17 heavy (non-hydrogen) atoms. The topological polar surface area (TPSA) is 65.5 Å². The third-order valence-corrected chi connectivity index (χ3v) is 2.63. The number of benzene rings is 1. The lowest BCUT2D eigenvalue weighted by Gasteiger charge is -2.02. The molecule has 0 radical (unpaired) electrons. The van der Waals surface area contributed by atoms with Gasteiger partial charge in [-0.05, 0) is 37.6 Å². The van der Waals surface area contributed by atoms with Crippen LogP contribution in [0.3, 0.4) is 0 Å². The molecule has 2 rings (SSSR count). The number of carbonyl (C=O) groups excluding carboxylic acids is 1. The molecule has 0 aliphatic carbocycles. The minimum Gasteiger partial charge on any atom is -0.465 e. The second kappa shape index (κ2) is 4.22. The molecule has 1 aromatic heterocycles. The van der Waals surface area contributed by atoms with E-state index in [2.05, 4.69) is 0 Å². The average Bonchev–Trinajstić information content (AvgIpc) is 2.70. The lowest BCUT2D eigenvalue weighted by Crippen LogP contribution is -2.03. The summed E-state index contributed by atoms with van der Waals surface area (Å²) in [5, 5.41) is 0.873. The van der Waals surface area contributed by atoms with Gasteiger partial charge in [0.05, 0.1) is 13.2 Å². The van der Waals surface area contributed by atoms with E-state index in [1.807, 2.05) is 26.0 Å². The summed E-state index contributed by atoms with van der Waals surface area (Å²) >= 11 is 0. The van der Waals surface area contributed by atoms with E-state index < -0.39 is 5.97 Å². The summed E-state index contributed by atoms with van der Waals surface area (Å²) in [7, 11) is 1.35. The Hall–Kier alpha value is -1.81. The van der Waals surface area contributed by atoms with Gasteiger partial charge in [-0.15, -0.1) is 0 Å². The first-order chi connectivity index (χ1) is 8.02. The van der Waals surface area contributed by atoms with Gasteiger partial charge in [0.25, 0.3) is 0 Å². The lowest BCUT2D eigenvalue weighted by molar-refractivity contribution is 0.0601. The largest absolute Gasteiger partial charge is 0.465 e. The van der Waals surface area contributed by atoms with Gasteiger partial charge in [0.2, 0.25) is 0 Å². The van der Waals surface area contributed by atoms with Crippen LogP contribution >= 0.6 is 0 Å². The molecule has 0 aliphatic heterocycles. The van der Waals surface area contributed by atoms with E-state index in [9.17, 15) is 4.79 Å². The quantitative estimate of drug-likeness (QED) is 0.809. The maximum Gasteiger partial charge on any atom is 0.341 e. The van der Waals surface area contributed by atoms with Crippen LogP contribution in [0.2, 0.25) is 0 Å². The van der Waals surface area contributed by atoms with Gasteiger partial charge < -0.3 is 14.9 Å². The Labute approximate surface area is 99.3 Å². The average molecular weight is 233 g/mol. The Bertz CT molecular complexity index is 569. The molecule has 0 spiro atoms. The van der Waals surface area contributed by atoms with E-state index in [4.69, 9.17) is 14.9 Å². The number of nitrogens with two attached hydrogens (primary N) is 1. The van der Waals surface area contributed by atoms with E-state index >= 15 is 0 Å². The summed E-state index contributed by atoms with van der Waals surface area (Å²) in [6.07, 6.45) is 0. The monoisotopic (exact) mass is 233 g/mol. The molecule has 0 bridgehead atoms. The normalized spacial score (nSPS) is 12.7. The maximum atomic E-state index is 11.6. The molecule has 2 aromatic rings. The van der Waals surface area contributed by atoms with Crippen molar-refractivity contribution in [2.45, 2.75) is 19.9 Å². The zero-order chi connectivity index (χ0) is 12.6. The van der Waals surface area contributed by atoms with Gasteiger partial charge >= 0.3 is 5.97 Å². The number of carbonyl (C=O) groups is 1. The highest BCUT2D eigenvalue weighted by molar-refractivity contribution is 6.02. The molecule has 4 nitrogen and oxygen atoms in total. The van der Waals surface area contributed by atoms with Crippen molar-refractivity contribution in [1.82, 2.24) is 0 Å². The molecule has 1 aromatic carbocycles. The van der Waals surface area contributed by atoms with Crippen molar-refractivity contribution in [1.29, 1.82) is 0 Å². The van der Waals surface area contributed by atoms with Crippen LogP contribution in [-0.2, 0) is 4.74 Å². The van der Waals surface area contributed by atoms with Crippen LogP contribution in [0.4, 0.5) is 0 Å². The molecule has 0 saturated carbocycles. The first-order valence-electron chi connectivity index (χ1n) is 5.41. The summed E-state index contributed by atoms with van der Waals surface area (Å²) in [5.74, 6) is 0.264. The smallest absolute Gasteiger partial charge is 0.341 e. The number of furan rings is 1. The number of rotatable bonds is 2. The zero-order valence-corrected chi connectivity index (χ0v) is 10.1. The van der Waals surface area contributed by atoms with Crippen molar-refractivity contribution >= 4 is 16.9 Å². The molecule has 1 unspecified atom stereocenters. The van der Waals surface area contributed by atoms with Crippen molar-refractivity contribution in [3.63, 3.8) is 0 Å². The summed E-state index contributed by atoms with van der Waals surface area (Å²) in [6, 6.07) is 5.37. The molecule has 0 aliphatic rings. The van der Waals surface area contributed by atoms with Crippen molar-refractivity contribution in [3.8, 4) is 0 Å². The van der Waals surface area contributed by atoms with E-state index in [0.717, 1.165) is 10.9 Å². The van der Waals surface area contributed by atoms with E-state index in [0.29, 0.717) is 16.9 Å². The lowest BCUT2D eigenvalue weighted by atomic mass is 10.1. The number of aryl methyl sites for hydroxylation is 1. The second-order valence-electron chi connectivity index (χ2n) is 4.16. The highest BCUT2D eigenvalue weighted by atomic mass is 16.5. The minimum absolute atomic E-state index is 0.201. The third-order valence-electron chi connectivity index (χ3n) is 2.63. The summed E-state index contributed by atoms with van der Waals surface area (Å²) in [4.78, 5) is 11.6. The Morgan fingerprint density at radius 2 is 2.12 bits per heavy atom. The fourth-order valence-corrected chi connectivity index (χ4v) is 1.81. The second-order valence-corrected chi connectivity index (χ2v) is 4.16. The van der Waals surface area contributed by atoms with Gasteiger partial charge in [-0.3, -0.25) is 0 Å². The van der Waals surface area contributed by atoms with Gasteiger partial charge in [-0.2, -0.15) is 0 Å². The fourth-order valence-electron chi connectivity index (χ4n) is 1.81. The molecule has 1 heterocycles. The number of esters is 1. The van der Waals surface area contributed by atoms with Crippen molar-refractivity contribution in [2.75, 3.05) is 7.11 Å². The summed E-state index contributed by atoms with van der Waals surface area (Å²) in [5.41, 5.74) is 7.72. The van der Waals surface area contributed by atoms with E-state index in [-0.39, 0.29) is 6.04 Å². The maximum absolute atomic E-state index is 11.6. The zero-order valence-electron chi connectivity index (χ0n) is 10.1. The highest BCUT2D eigenvalue weighted by Crippen LogP contribution is 2.27. The van der Waals surface area contributed by atoms with Gasteiger partial charge in [0, 0.05) is 5.39 Å². The SMILES string of the molecule is COC(=O)c1cc(C)cc2cc(C(C)N)oc12. The van der Waals surface area contributed by atoms with Crippen LogP contribution in [0.1, 0.15) is 34.6 Å². The molecule has 1 atom stereocenters. The Morgan fingerprint density at radius 1 is 1.41 bits per heavy atom. The van der Waals surface area contributed by atoms with Crippen molar-refractivity contribution in [3.05, 3.63) is 35.1 Å².